The number of methoxy groups -OCH3 is 1. The monoisotopic (exact) mass is 371 g/mol. The van der Waals surface area contributed by atoms with Crippen molar-refractivity contribution in [3.8, 4) is 5.75 Å². The molecule has 0 saturated carbocycles. The number of hydrogen-bond acceptors (Lipinski definition) is 6. The van der Waals surface area contributed by atoms with Crippen molar-refractivity contribution in [3.05, 3.63) is 23.2 Å². The van der Waals surface area contributed by atoms with Crippen molar-refractivity contribution in [1.29, 1.82) is 0 Å². The van der Waals surface area contributed by atoms with Gasteiger partial charge in [0.15, 0.2) is 0 Å². The summed E-state index contributed by atoms with van der Waals surface area (Å²) in [5, 5.41) is 5.15. The van der Waals surface area contributed by atoms with Crippen molar-refractivity contribution in [2.75, 3.05) is 38.7 Å². The number of halogens is 1. The molecule has 25 heavy (non-hydrogen) atoms. The van der Waals surface area contributed by atoms with Crippen molar-refractivity contribution < 1.29 is 23.9 Å². The largest absolute Gasteiger partial charge is 0.495 e. The average molecular weight is 372 g/mol. The van der Waals surface area contributed by atoms with Crippen LogP contribution in [-0.4, -0.2) is 56.2 Å². The average Bonchev–Trinajstić information content (AvgIpc) is 2.54. The standard InChI is InChI=1S/C16H22ClN3O5/c1-4-20(10-15(22)19-16(23)25-5-2)9-14(21)18-11-6-7-13(24-3)12(17)8-11/h6-8H,4-5,9-10H2,1-3H3,(H,18,21)(H,19,22,23). The minimum atomic E-state index is -0.805. The van der Waals surface area contributed by atoms with Crippen LogP contribution < -0.4 is 15.4 Å². The number of alkyl carbamates (subject to hydrolysis) is 1. The molecule has 0 heterocycles. The molecule has 9 heteroatoms. The smallest absolute Gasteiger partial charge is 0.413 e. The minimum absolute atomic E-state index is 0.0175. The Kier molecular flexibility index (Phi) is 8.73. The number of carbonyl (C=O) groups excluding carboxylic acids is 3. The van der Waals surface area contributed by atoms with Crippen LogP contribution in [0.3, 0.4) is 0 Å². The number of rotatable bonds is 8. The Balaban J connectivity index is 2.54. The van der Waals surface area contributed by atoms with E-state index < -0.39 is 12.0 Å². The molecule has 0 unspecified atom stereocenters. The third kappa shape index (κ3) is 7.40. The lowest BCUT2D eigenvalue weighted by Crippen LogP contribution is -2.43. The van der Waals surface area contributed by atoms with Gasteiger partial charge < -0.3 is 14.8 Å². The summed E-state index contributed by atoms with van der Waals surface area (Å²) in [6.07, 6.45) is -0.805. The second-order valence-electron chi connectivity index (χ2n) is 4.97. The zero-order chi connectivity index (χ0) is 18.8. The number of likely N-dealkylation sites (N-methyl/N-ethyl adjacent to an activating group) is 1. The van der Waals surface area contributed by atoms with E-state index in [-0.39, 0.29) is 25.6 Å². The maximum Gasteiger partial charge on any atom is 0.413 e. The van der Waals surface area contributed by atoms with Crippen LogP contribution in [0, 0.1) is 0 Å². The molecule has 0 saturated heterocycles. The van der Waals surface area contributed by atoms with Crippen molar-refractivity contribution in [1.82, 2.24) is 10.2 Å². The van der Waals surface area contributed by atoms with Gasteiger partial charge in [0.05, 0.1) is 31.8 Å². The Morgan fingerprint density at radius 2 is 1.84 bits per heavy atom. The highest BCUT2D eigenvalue weighted by atomic mass is 35.5. The summed E-state index contributed by atoms with van der Waals surface area (Å²) in [4.78, 5) is 36.6. The topological polar surface area (TPSA) is 97.0 Å². The van der Waals surface area contributed by atoms with Gasteiger partial charge in [-0.05, 0) is 31.7 Å². The molecule has 0 aliphatic rings. The highest BCUT2D eigenvalue weighted by molar-refractivity contribution is 6.32. The van der Waals surface area contributed by atoms with Crippen molar-refractivity contribution in [3.63, 3.8) is 0 Å². The molecule has 2 N–H and O–H groups in total. The van der Waals surface area contributed by atoms with E-state index in [1.165, 1.54) is 7.11 Å². The van der Waals surface area contributed by atoms with Crippen LogP contribution in [0.25, 0.3) is 0 Å². The molecule has 0 spiro atoms. The highest BCUT2D eigenvalue weighted by Gasteiger charge is 2.16. The number of amides is 3. The van der Waals surface area contributed by atoms with E-state index in [0.29, 0.717) is 23.0 Å². The zero-order valence-electron chi connectivity index (χ0n) is 14.4. The number of hydrogen-bond donors (Lipinski definition) is 2. The fraction of sp³-hybridized carbons (Fsp3) is 0.438. The Labute approximate surface area is 151 Å². The molecule has 0 aliphatic carbocycles. The first-order valence-electron chi connectivity index (χ1n) is 7.71. The van der Waals surface area contributed by atoms with Crippen LogP contribution in [0.5, 0.6) is 5.75 Å². The van der Waals surface area contributed by atoms with Crippen molar-refractivity contribution >= 4 is 35.2 Å². The maximum atomic E-state index is 12.1. The molecule has 0 aromatic heterocycles. The predicted molar refractivity (Wildman–Crippen MR) is 93.9 cm³/mol. The van der Waals surface area contributed by atoms with Gasteiger partial charge in [-0.3, -0.25) is 19.8 Å². The van der Waals surface area contributed by atoms with E-state index in [0.717, 1.165) is 0 Å². The quantitative estimate of drug-likeness (QED) is 0.724. The fourth-order valence-corrected chi connectivity index (χ4v) is 2.21. The molecular formula is C16H22ClN3O5. The third-order valence-corrected chi connectivity index (χ3v) is 3.43. The van der Waals surface area contributed by atoms with Gasteiger partial charge in [0, 0.05) is 5.69 Å². The molecule has 0 radical (unpaired) electrons. The summed E-state index contributed by atoms with van der Waals surface area (Å²) in [5.74, 6) is -0.349. The molecule has 1 aromatic rings. The lowest BCUT2D eigenvalue weighted by Gasteiger charge is -2.19. The SMILES string of the molecule is CCOC(=O)NC(=O)CN(CC)CC(=O)Nc1ccc(OC)c(Cl)c1. The second-order valence-corrected chi connectivity index (χ2v) is 5.38. The number of benzene rings is 1. The van der Waals surface area contributed by atoms with Crippen LogP contribution in [0.15, 0.2) is 18.2 Å². The Bertz CT molecular complexity index is 624. The lowest BCUT2D eigenvalue weighted by molar-refractivity contribution is -0.122. The van der Waals surface area contributed by atoms with Gasteiger partial charge in [-0.15, -0.1) is 0 Å². The molecule has 3 amide bonds. The maximum absolute atomic E-state index is 12.1. The molecule has 0 aliphatic heterocycles. The number of nitrogens with one attached hydrogen (secondary N) is 2. The molecule has 1 rings (SSSR count). The molecule has 138 valence electrons. The summed E-state index contributed by atoms with van der Waals surface area (Å²) < 4.78 is 9.67. The van der Waals surface area contributed by atoms with Gasteiger partial charge in [-0.25, -0.2) is 4.79 Å². The first kappa shape index (κ1) is 20.7. The van der Waals surface area contributed by atoms with E-state index in [1.54, 1.807) is 36.9 Å². The van der Waals surface area contributed by atoms with Gasteiger partial charge in [-0.2, -0.15) is 0 Å². The number of ether oxygens (including phenoxy) is 2. The molecular weight excluding hydrogens is 350 g/mol. The summed E-state index contributed by atoms with van der Waals surface area (Å²) in [6, 6.07) is 4.87. The van der Waals surface area contributed by atoms with E-state index in [1.807, 2.05) is 0 Å². The van der Waals surface area contributed by atoms with Crippen LogP contribution in [0.1, 0.15) is 13.8 Å². The number of carbonyl (C=O) groups is 3. The normalized spacial score (nSPS) is 10.3. The van der Waals surface area contributed by atoms with Crippen LogP contribution in [-0.2, 0) is 14.3 Å². The van der Waals surface area contributed by atoms with E-state index in [2.05, 4.69) is 15.4 Å². The van der Waals surface area contributed by atoms with Gasteiger partial charge in [-0.1, -0.05) is 18.5 Å². The van der Waals surface area contributed by atoms with Crippen molar-refractivity contribution in [2.24, 2.45) is 0 Å². The van der Waals surface area contributed by atoms with Gasteiger partial charge in [0.2, 0.25) is 11.8 Å². The first-order valence-corrected chi connectivity index (χ1v) is 8.09. The van der Waals surface area contributed by atoms with Gasteiger partial charge in [0.25, 0.3) is 0 Å². The van der Waals surface area contributed by atoms with E-state index >= 15 is 0 Å². The molecule has 0 fully saturated rings. The zero-order valence-corrected chi connectivity index (χ0v) is 15.2. The van der Waals surface area contributed by atoms with Crippen molar-refractivity contribution in [2.45, 2.75) is 13.8 Å². The Hall–Kier alpha value is -2.32. The lowest BCUT2D eigenvalue weighted by atomic mass is 10.3. The number of nitrogens with zero attached hydrogens (tertiary/aromatic N) is 1. The first-order chi connectivity index (χ1) is 11.9. The Morgan fingerprint density at radius 1 is 1.16 bits per heavy atom. The van der Waals surface area contributed by atoms with Gasteiger partial charge in [0.1, 0.15) is 5.75 Å². The molecule has 0 bridgehead atoms. The minimum Gasteiger partial charge on any atom is -0.495 e. The van der Waals surface area contributed by atoms with Gasteiger partial charge >= 0.3 is 6.09 Å². The Morgan fingerprint density at radius 3 is 2.40 bits per heavy atom. The summed E-state index contributed by atoms with van der Waals surface area (Å²) >= 11 is 6.01. The van der Waals surface area contributed by atoms with E-state index in [4.69, 9.17) is 16.3 Å². The third-order valence-electron chi connectivity index (χ3n) is 3.13. The number of anilines is 1. The second kappa shape index (κ2) is 10.5. The highest BCUT2D eigenvalue weighted by Crippen LogP contribution is 2.27. The summed E-state index contributed by atoms with van der Waals surface area (Å²) in [5.41, 5.74) is 0.517. The predicted octanol–water partition coefficient (Wildman–Crippen LogP) is 1.88. The number of imide groups is 1. The van der Waals surface area contributed by atoms with E-state index in [9.17, 15) is 14.4 Å². The molecule has 1 aromatic carbocycles. The van der Waals surface area contributed by atoms with Crippen LogP contribution >= 0.6 is 11.6 Å². The van der Waals surface area contributed by atoms with Crippen LogP contribution in [0.2, 0.25) is 5.02 Å². The summed E-state index contributed by atoms with van der Waals surface area (Å²) in [6.45, 7) is 3.94. The molecule has 8 nitrogen and oxygen atoms in total. The fourth-order valence-electron chi connectivity index (χ4n) is 1.95. The summed E-state index contributed by atoms with van der Waals surface area (Å²) in [7, 11) is 1.50. The molecule has 0 atom stereocenters. The van der Waals surface area contributed by atoms with Crippen LogP contribution in [0.4, 0.5) is 10.5 Å².